The normalized spacial score (nSPS) is 15.0. The van der Waals surface area contributed by atoms with Gasteiger partial charge >= 0.3 is 0 Å². The molecule has 0 radical (unpaired) electrons. The summed E-state index contributed by atoms with van der Waals surface area (Å²) in [6.45, 7) is 3.33. The topological polar surface area (TPSA) is 58.6 Å². The zero-order valence-corrected chi connectivity index (χ0v) is 14.0. The molecule has 1 saturated carbocycles. The van der Waals surface area contributed by atoms with Crippen LogP contribution in [0.15, 0.2) is 30.3 Å². The maximum atomic E-state index is 12.1. The lowest BCUT2D eigenvalue weighted by molar-refractivity contribution is -0.133. The lowest BCUT2D eigenvalue weighted by Gasteiger charge is -2.18. The molecule has 23 heavy (non-hydrogen) atoms. The van der Waals surface area contributed by atoms with E-state index in [1.54, 1.807) is 18.9 Å². The second-order valence-corrected chi connectivity index (χ2v) is 6.20. The van der Waals surface area contributed by atoms with Gasteiger partial charge in [-0.25, -0.2) is 0 Å². The van der Waals surface area contributed by atoms with Gasteiger partial charge in [0.15, 0.2) is 0 Å². The second-order valence-electron chi connectivity index (χ2n) is 6.20. The molecule has 1 aliphatic carbocycles. The molecule has 0 aromatic heterocycles. The average molecular weight is 318 g/mol. The van der Waals surface area contributed by atoms with Crippen molar-refractivity contribution in [3.63, 3.8) is 0 Å². The van der Waals surface area contributed by atoms with Gasteiger partial charge < -0.3 is 15.0 Å². The fraction of sp³-hybridized carbons (Fsp3) is 0.556. The first-order valence-corrected chi connectivity index (χ1v) is 8.23. The Kier molecular flexibility index (Phi) is 6.59. The van der Waals surface area contributed by atoms with Crippen LogP contribution in [0.5, 0.6) is 0 Å². The molecule has 0 bridgehead atoms. The summed E-state index contributed by atoms with van der Waals surface area (Å²) >= 11 is 0. The minimum Gasteiger partial charge on any atom is -0.368 e. The van der Waals surface area contributed by atoms with Gasteiger partial charge in [0.1, 0.15) is 6.10 Å². The lowest BCUT2D eigenvalue weighted by Crippen LogP contribution is -2.37. The number of hydrogen-bond donors (Lipinski definition) is 1. The molecule has 0 spiro atoms. The third kappa shape index (κ3) is 6.40. The van der Waals surface area contributed by atoms with Gasteiger partial charge in [-0.3, -0.25) is 9.59 Å². The predicted molar refractivity (Wildman–Crippen MR) is 88.7 cm³/mol. The monoisotopic (exact) mass is 318 g/mol. The maximum Gasteiger partial charge on any atom is 0.248 e. The SMILES string of the molecule is CC(OCC1CC1)C(=O)NCCC(=O)N(C)Cc1ccccc1. The number of nitrogens with zero attached hydrogens (tertiary/aromatic N) is 1. The molecule has 1 atom stereocenters. The van der Waals surface area contributed by atoms with E-state index in [0.29, 0.717) is 32.0 Å². The Morgan fingerprint density at radius 1 is 1.30 bits per heavy atom. The molecular formula is C18H26N2O3. The molecule has 5 nitrogen and oxygen atoms in total. The molecule has 1 unspecified atom stereocenters. The highest BCUT2D eigenvalue weighted by molar-refractivity contribution is 5.81. The summed E-state index contributed by atoms with van der Waals surface area (Å²) in [7, 11) is 1.78. The average Bonchev–Trinajstić information content (AvgIpc) is 3.37. The van der Waals surface area contributed by atoms with Crippen LogP contribution in [0.3, 0.4) is 0 Å². The molecule has 5 heteroatoms. The van der Waals surface area contributed by atoms with Gasteiger partial charge in [-0.15, -0.1) is 0 Å². The van der Waals surface area contributed by atoms with Crippen molar-refractivity contribution in [1.29, 1.82) is 0 Å². The molecule has 1 N–H and O–H groups in total. The molecular weight excluding hydrogens is 292 g/mol. The van der Waals surface area contributed by atoms with Crippen molar-refractivity contribution in [2.75, 3.05) is 20.2 Å². The van der Waals surface area contributed by atoms with Crippen molar-refractivity contribution in [2.24, 2.45) is 5.92 Å². The van der Waals surface area contributed by atoms with Crippen LogP contribution in [0.2, 0.25) is 0 Å². The summed E-state index contributed by atoms with van der Waals surface area (Å²) < 4.78 is 5.50. The lowest BCUT2D eigenvalue weighted by atomic mass is 10.2. The Labute approximate surface area is 138 Å². The van der Waals surface area contributed by atoms with E-state index < -0.39 is 6.10 Å². The Hall–Kier alpha value is -1.88. The highest BCUT2D eigenvalue weighted by atomic mass is 16.5. The Balaban J connectivity index is 1.62. The van der Waals surface area contributed by atoms with Crippen LogP contribution in [0.1, 0.15) is 31.7 Å². The molecule has 2 amide bonds. The summed E-state index contributed by atoms with van der Waals surface area (Å²) in [6, 6.07) is 9.84. The maximum absolute atomic E-state index is 12.1. The minimum atomic E-state index is -0.451. The summed E-state index contributed by atoms with van der Waals surface area (Å²) in [6.07, 6.45) is 2.25. The fourth-order valence-electron chi connectivity index (χ4n) is 2.21. The minimum absolute atomic E-state index is 0.0145. The summed E-state index contributed by atoms with van der Waals surface area (Å²) in [4.78, 5) is 25.6. The van der Waals surface area contributed by atoms with E-state index in [9.17, 15) is 9.59 Å². The molecule has 126 valence electrons. The summed E-state index contributed by atoms with van der Waals surface area (Å²) in [5, 5.41) is 2.76. The second kappa shape index (κ2) is 8.67. The largest absolute Gasteiger partial charge is 0.368 e. The standard InChI is InChI=1S/C18H26N2O3/c1-14(23-13-16-8-9-16)18(22)19-11-10-17(21)20(2)12-15-6-4-3-5-7-15/h3-7,14,16H,8-13H2,1-2H3,(H,19,22). The zero-order valence-electron chi connectivity index (χ0n) is 14.0. The van der Waals surface area contributed by atoms with Crippen LogP contribution in [0.25, 0.3) is 0 Å². The number of benzene rings is 1. The van der Waals surface area contributed by atoms with E-state index in [-0.39, 0.29) is 11.8 Å². The van der Waals surface area contributed by atoms with Gasteiger partial charge in [0.2, 0.25) is 11.8 Å². The molecule has 1 aromatic rings. The van der Waals surface area contributed by atoms with Gasteiger partial charge in [0, 0.05) is 26.6 Å². The van der Waals surface area contributed by atoms with Crippen molar-refractivity contribution in [2.45, 2.75) is 38.8 Å². The number of carbonyl (C=O) groups excluding carboxylic acids is 2. The number of hydrogen-bond acceptors (Lipinski definition) is 3. The molecule has 1 aliphatic rings. The Morgan fingerprint density at radius 3 is 2.65 bits per heavy atom. The van der Waals surface area contributed by atoms with Crippen LogP contribution in [-0.2, 0) is 20.9 Å². The first-order valence-electron chi connectivity index (χ1n) is 8.23. The van der Waals surface area contributed by atoms with Crippen LogP contribution >= 0.6 is 0 Å². The Bertz CT molecular complexity index is 514. The van der Waals surface area contributed by atoms with E-state index in [1.165, 1.54) is 12.8 Å². The summed E-state index contributed by atoms with van der Waals surface area (Å²) in [5.41, 5.74) is 1.09. The summed E-state index contributed by atoms with van der Waals surface area (Å²) in [5.74, 6) is 0.503. The first kappa shape index (κ1) is 17.5. The van der Waals surface area contributed by atoms with E-state index >= 15 is 0 Å². The molecule has 1 fully saturated rings. The third-order valence-corrected chi connectivity index (χ3v) is 3.97. The zero-order chi connectivity index (χ0) is 16.7. The van der Waals surface area contributed by atoms with Gasteiger partial charge in [0.05, 0.1) is 6.61 Å². The van der Waals surface area contributed by atoms with E-state index in [0.717, 1.165) is 5.56 Å². The predicted octanol–water partition coefficient (Wildman–Crippen LogP) is 1.97. The van der Waals surface area contributed by atoms with Crippen LogP contribution in [0.4, 0.5) is 0 Å². The quantitative estimate of drug-likeness (QED) is 0.757. The number of nitrogens with one attached hydrogen (secondary N) is 1. The van der Waals surface area contributed by atoms with Crippen LogP contribution in [-0.4, -0.2) is 43.0 Å². The van der Waals surface area contributed by atoms with E-state index in [4.69, 9.17) is 4.74 Å². The van der Waals surface area contributed by atoms with Crippen molar-refractivity contribution < 1.29 is 14.3 Å². The van der Waals surface area contributed by atoms with Crippen LogP contribution in [0, 0.1) is 5.92 Å². The number of amides is 2. The molecule has 1 aromatic carbocycles. The molecule has 0 aliphatic heterocycles. The van der Waals surface area contributed by atoms with Crippen molar-refractivity contribution >= 4 is 11.8 Å². The van der Waals surface area contributed by atoms with Crippen molar-refractivity contribution in [1.82, 2.24) is 10.2 Å². The highest BCUT2D eigenvalue weighted by Crippen LogP contribution is 2.29. The van der Waals surface area contributed by atoms with Gasteiger partial charge in [-0.05, 0) is 31.2 Å². The molecule has 0 heterocycles. The first-order chi connectivity index (χ1) is 11.1. The van der Waals surface area contributed by atoms with Gasteiger partial charge in [-0.1, -0.05) is 30.3 Å². The van der Waals surface area contributed by atoms with E-state index in [2.05, 4.69) is 5.32 Å². The van der Waals surface area contributed by atoms with Crippen LogP contribution < -0.4 is 5.32 Å². The van der Waals surface area contributed by atoms with E-state index in [1.807, 2.05) is 30.3 Å². The number of ether oxygens (including phenoxy) is 1. The third-order valence-electron chi connectivity index (χ3n) is 3.97. The molecule has 2 rings (SSSR count). The smallest absolute Gasteiger partial charge is 0.248 e. The Morgan fingerprint density at radius 2 is 2.00 bits per heavy atom. The highest BCUT2D eigenvalue weighted by Gasteiger charge is 2.24. The number of rotatable bonds is 9. The molecule has 0 saturated heterocycles. The van der Waals surface area contributed by atoms with Crippen molar-refractivity contribution in [3.05, 3.63) is 35.9 Å². The fourth-order valence-corrected chi connectivity index (χ4v) is 2.21. The number of carbonyl (C=O) groups is 2. The van der Waals surface area contributed by atoms with Gasteiger partial charge in [-0.2, -0.15) is 0 Å². The van der Waals surface area contributed by atoms with Gasteiger partial charge in [0.25, 0.3) is 0 Å². The van der Waals surface area contributed by atoms with Crippen molar-refractivity contribution in [3.8, 4) is 0 Å².